The normalized spacial score (nSPS) is 20.9. The van der Waals surface area contributed by atoms with Crippen molar-refractivity contribution >= 4 is 8.32 Å². The van der Waals surface area contributed by atoms with E-state index in [1.807, 2.05) is 56.3 Å². The van der Waals surface area contributed by atoms with Crippen molar-refractivity contribution in [2.45, 2.75) is 109 Å². The third-order valence-electron chi connectivity index (χ3n) is 6.62. The minimum atomic E-state index is -1.66. The average Bonchev–Trinajstić information content (AvgIpc) is 3.10. The van der Waals surface area contributed by atoms with Crippen molar-refractivity contribution in [1.82, 2.24) is 0 Å². The Labute approximate surface area is 202 Å². The summed E-state index contributed by atoms with van der Waals surface area (Å²) in [5, 5.41) is 10.7. The Kier molecular flexibility index (Phi) is 10.8. The number of aliphatic hydroxyl groups is 1. The van der Waals surface area contributed by atoms with Crippen LogP contribution < -0.4 is 0 Å². The summed E-state index contributed by atoms with van der Waals surface area (Å²) in [6.07, 6.45) is 6.60. The van der Waals surface area contributed by atoms with Gasteiger partial charge in [0.25, 0.3) is 0 Å². The summed E-state index contributed by atoms with van der Waals surface area (Å²) in [5.41, 5.74) is 1.11. The van der Waals surface area contributed by atoms with Gasteiger partial charge in [-0.3, -0.25) is 0 Å². The van der Waals surface area contributed by atoms with E-state index in [0.29, 0.717) is 13.2 Å². The van der Waals surface area contributed by atoms with Crippen LogP contribution in [-0.4, -0.2) is 50.7 Å². The van der Waals surface area contributed by atoms with Gasteiger partial charge in [0.1, 0.15) is 12.2 Å². The lowest BCUT2D eigenvalue weighted by atomic mass is 10.1. The predicted molar refractivity (Wildman–Crippen MR) is 137 cm³/mol. The highest BCUT2D eigenvalue weighted by molar-refractivity contribution is 6.74. The number of aliphatic hydroxyl groups excluding tert-OH is 1. The second-order valence-electron chi connectivity index (χ2n) is 11.0. The summed E-state index contributed by atoms with van der Waals surface area (Å²) >= 11 is 0. The molecule has 1 aromatic carbocycles. The molecule has 6 heteroatoms. The molecule has 33 heavy (non-hydrogen) atoms. The molecule has 1 heterocycles. The van der Waals surface area contributed by atoms with Crippen molar-refractivity contribution < 1.29 is 23.7 Å². The molecule has 0 saturated carbocycles. The molecule has 0 aliphatic carbocycles. The zero-order chi connectivity index (χ0) is 24.5. The third kappa shape index (κ3) is 10.0. The highest BCUT2D eigenvalue weighted by Crippen LogP contribution is 2.36. The fourth-order valence-electron chi connectivity index (χ4n) is 3.44. The second-order valence-corrected chi connectivity index (χ2v) is 15.8. The van der Waals surface area contributed by atoms with E-state index in [-0.39, 0.29) is 17.2 Å². The summed E-state index contributed by atoms with van der Waals surface area (Å²) in [5.74, 6) is -0.613. The van der Waals surface area contributed by atoms with E-state index in [4.69, 9.17) is 18.6 Å². The molecule has 0 aromatic heterocycles. The molecular formula is C27H46O5Si. The van der Waals surface area contributed by atoms with Crippen molar-refractivity contribution in [3.8, 4) is 0 Å². The van der Waals surface area contributed by atoms with Crippen molar-refractivity contribution in [2.24, 2.45) is 0 Å². The van der Waals surface area contributed by atoms with E-state index in [0.717, 1.165) is 37.9 Å². The largest absolute Gasteiger partial charge is 0.417 e. The zero-order valence-corrected chi connectivity index (χ0v) is 22.8. The Morgan fingerprint density at radius 1 is 1.12 bits per heavy atom. The highest BCUT2D eigenvalue weighted by Gasteiger charge is 2.37. The number of rotatable bonds is 13. The maximum atomic E-state index is 10.5. The monoisotopic (exact) mass is 478 g/mol. The Hall–Kier alpha value is -1.02. The van der Waals surface area contributed by atoms with E-state index in [1.165, 1.54) is 0 Å². The molecule has 0 spiro atoms. The summed E-state index contributed by atoms with van der Waals surface area (Å²) in [4.78, 5) is 0. The quantitative estimate of drug-likeness (QED) is 0.207. The van der Waals surface area contributed by atoms with Gasteiger partial charge in [0.15, 0.2) is 14.1 Å². The van der Waals surface area contributed by atoms with Gasteiger partial charge in [-0.05, 0) is 50.4 Å². The maximum Gasteiger partial charge on any atom is 0.191 e. The van der Waals surface area contributed by atoms with Crippen LogP contribution >= 0.6 is 0 Å². The Balaban J connectivity index is 1.77. The molecule has 2 rings (SSSR count). The zero-order valence-electron chi connectivity index (χ0n) is 21.8. The number of hydrogen-bond donors (Lipinski definition) is 1. The number of ether oxygens (including phenoxy) is 3. The second kappa shape index (κ2) is 12.6. The molecule has 1 aliphatic rings. The topological polar surface area (TPSA) is 57.2 Å². The van der Waals surface area contributed by atoms with Gasteiger partial charge in [-0.15, -0.1) is 0 Å². The van der Waals surface area contributed by atoms with E-state index in [1.54, 1.807) is 0 Å². The average molecular weight is 479 g/mol. The first kappa shape index (κ1) is 28.2. The fourth-order valence-corrected chi connectivity index (χ4v) is 4.53. The molecule has 1 N–H and O–H groups in total. The van der Waals surface area contributed by atoms with Gasteiger partial charge in [0, 0.05) is 6.61 Å². The van der Waals surface area contributed by atoms with Crippen molar-refractivity contribution in [1.29, 1.82) is 0 Å². The molecule has 0 amide bonds. The molecule has 5 nitrogen and oxygen atoms in total. The number of unbranched alkanes of at least 4 members (excludes halogenated alkanes) is 2. The summed E-state index contributed by atoms with van der Waals surface area (Å²) in [6, 6.07) is 10.1. The first-order valence-electron chi connectivity index (χ1n) is 12.4. The minimum Gasteiger partial charge on any atom is -0.417 e. The van der Waals surface area contributed by atoms with Crippen molar-refractivity contribution in [3.05, 3.63) is 48.0 Å². The van der Waals surface area contributed by atoms with Crippen LogP contribution in [0.5, 0.6) is 0 Å². The van der Waals surface area contributed by atoms with Crippen LogP contribution in [0, 0.1) is 0 Å². The molecule has 0 radical (unpaired) electrons. The van der Waals surface area contributed by atoms with Crippen LogP contribution in [0.2, 0.25) is 18.1 Å². The van der Waals surface area contributed by atoms with Crippen LogP contribution in [-0.2, 0) is 25.2 Å². The van der Waals surface area contributed by atoms with Gasteiger partial charge in [-0.2, -0.15) is 0 Å². The summed E-state index contributed by atoms with van der Waals surface area (Å²) < 4.78 is 24.1. The molecule has 1 saturated heterocycles. The number of hydrogen-bond acceptors (Lipinski definition) is 5. The summed E-state index contributed by atoms with van der Waals surface area (Å²) in [7, 11) is -1.66. The smallest absolute Gasteiger partial charge is 0.191 e. The lowest BCUT2D eigenvalue weighted by Crippen LogP contribution is -2.40. The number of benzene rings is 1. The minimum absolute atomic E-state index is 0.195. The third-order valence-corrected chi connectivity index (χ3v) is 11.2. The van der Waals surface area contributed by atoms with Gasteiger partial charge in [-0.1, -0.05) is 76.1 Å². The van der Waals surface area contributed by atoms with Crippen LogP contribution in [0.1, 0.15) is 65.9 Å². The Morgan fingerprint density at radius 3 is 2.42 bits per heavy atom. The lowest BCUT2D eigenvalue weighted by molar-refractivity contribution is -0.152. The standard InChI is InChI=1S/C27H46O5Si/c1-26(2,3)33(6,7)31-19-13-9-12-16-23(28)17-18-24(25-21-30-27(4,5)32-25)29-20-22-14-10-8-11-15-22/h8,10-11,14-15,17-18,23-25,28H,9,12-13,16,19-21H2,1-7H3/b18-17+/t23-,24-,25-/m1/s1. The Bertz CT molecular complexity index is 711. The van der Waals surface area contributed by atoms with Crippen LogP contribution in [0.4, 0.5) is 0 Å². The van der Waals surface area contributed by atoms with E-state index >= 15 is 0 Å². The van der Waals surface area contributed by atoms with E-state index in [2.05, 4.69) is 33.9 Å². The molecule has 188 valence electrons. The van der Waals surface area contributed by atoms with E-state index in [9.17, 15) is 5.11 Å². The van der Waals surface area contributed by atoms with Crippen molar-refractivity contribution in [2.75, 3.05) is 13.2 Å². The Morgan fingerprint density at radius 2 is 1.82 bits per heavy atom. The molecule has 0 bridgehead atoms. The van der Waals surface area contributed by atoms with Crippen LogP contribution in [0.3, 0.4) is 0 Å². The molecular weight excluding hydrogens is 432 g/mol. The SMILES string of the molecule is CC1(C)OC[C@H]([C@@H](/C=C/[C@H](O)CCCCCO[Si](C)(C)C(C)(C)C)OCc2ccccc2)O1. The van der Waals surface area contributed by atoms with Gasteiger partial charge in [0.05, 0.1) is 19.3 Å². The van der Waals surface area contributed by atoms with Gasteiger partial charge >= 0.3 is 0 Å². The van der Waals surface area contributed by atoms with Gasteiger partial charge in [-0.25, -0.2) is 0 Å². The van der Waals surface area contributed by atoms with Crippen molar-refractivity contribution in [3.63, 3.8) is 0 Å². The molecule has 3 atom stereocenters. The molecule has 1 fully saturated rings. The fraction of sp³-hybridized carbons (Fsp3) is 0.704. The predicted octanol–water partition coefficient (Wildman–Crippen LogP) is 6.22. The van der Waals surface area contributed by atoms with Crippen LogP contribution in [0.25, 0.3) is 0 Å². The lowest BCUT2D eigenvalue weighted by Gasteiger charge is -2.36. The molecule has 0 unspecified atom stereocenters. The first-order chi connectivity index (χ1) is 15.4. The highest BCUT2D eigenvalue weighted by atomic mass is 28.4. The van der Waals surface area contributed by atoms with E-state index < -0.39 is 20.2 Å². The van der Waals surface area contributed by atoms with Crippen LogP contribution in [0.15, 0.2) is 42.5 Å². The molecule has 1 aliphatic heterocycles. The first-order valence-corrected chi connectivity index (χ1v) is 15.3. The maximum absolute atomic E-state index is 10.5. The van der Waals surface area contributed by atoms with Gasteiger partial charge < -0.3 is 23.7 Å². The summed E-state index contributed by atoms with van der Waals surface area (Å²) in [6.45, 7) is 17.0. The van der Waals surface area contributed by atoms with Gasteiger partial charge in [0.2, 0.25) is 0 Å². The molecule has 1 aromatic rings.